The Bertz CT molecular complexity index is 701. The number of aliphatic hydroxyl groups excluding tert-OH is 1. The normalized spacial score (nSPS) is 12.2. The SMILES string of the molecule is CCCCCCCCC(CC)OC(=O)CCCCCN(CCO)CCCCCCCC(=O)OC(CCCCCCCC)CCCCCCCC. The van der Waals surface area contributed by atoms with Crippen molar-refractivity contribution < 1.29 is 24.2 Å². The molecule has 1 unspecified atom stereocenters. The molecule has 0 aliphatic heterocycles. The van der Waals surface area contributed by atoms with E-state index in [-0.39, 0.29) is 30.8 Å². The van der Waals surface area contributed by atoms with Gasteiger partial charge in [-0.2, -0.15) is 0 Å². The molecule has 0 saturated heterocycles. The summed E-state index contributed by atoms with van der Waals surface area (Å²) >= 11 is 0. The summed E-state index contributed by atoms with van der Waals surface area (Å²) < 4.78 is 11.8. The van der Waals surface area contributed by atoms with Gasteiger partial charge < -0.3 is 19.5 Å². The molecule has 0 aromatic carbocycles. The number of ether oxygens (including phenoxy) is 2. The first-order valence-corrected chi connectivity index (χ1v) is 22.2. The van der Waals surface area contributed by atoms with E-state index >= 15 is 0 Å². The van der Waals surface area contributed by atoms with Gasteiger partial charge in [-0.3, -0.25) is 9.59 Å². The topological polar surface area (TPSA) is 76.1 Å². The zero-order valence-corrected chi connectivity index (χ0v) is 34.1. The Labute approximate surface area is 312 Å². The summed E-state index contributed by atoms with van der Waals surface area (Å²) in [6, 6.07) is 0. The molecular formula is C44H87NO5. The predicted molar refractivity (Wildman–Crippen MR) is 214 cm³/mol. The molecule has 50 heavy (non-hydrogen) atoms. The van der Waals surface area contributed by atoms with Gasteiger partial charge in [0.1, 0.15) is 12.2 Å². The van der Waals surface area contributed by atoms with Crippen LogP contribution in [0.25, 0.3) is 0 Å². The summed E-state index contributed by atoms with van der Waals surface area (Å²) in [5.74, 6) is -0.0304. The quantitative estimate of drug-likeness (QED) is 0.0504. The highest BCUT2D eigenvalue weighted by atomic mass is 16.5. The van der Waals surface area contributed by atoms with Gasteiger partial charge in [-0.15, -0.1) is 0 Å². The Morgan fingerprint density at radius 3 is 1.20 bits per heavy atom. The molecular weight excluding hydrogens is 622 g/mol. The molecule has 0 radical (unpaired) electrons. The highest BCUT2D eigenvalue weighted by Gasteiger charge is 2.15. The summed E-state index contributed by atoms with van der Waals surface area (Å²) in [7, 11) is 0. The smallest absolute Gasteiger partial charge is 0.306 e. The lowest BCUT2D eigenvalue weighted by Gasteiger charge is -2.21. The maximum atomic E-state index is 12.7. The van der Waals surface area contributed by atoms with Crippen LogP contribution in [-0.4, -0.2) is 60.4 Å². The number of aliphatic hydroxyl groups is 1. The summed E-state index contributed by atoms with van der Waals surface area (Å²) in [6.45, 7) is 11.7. The molecule has 0 amide bonds. The Morgan fingerprint density at radius 2 is 0.780 bits per heavy atom. The van der Waals surface area contributed by atoms with E-state index in [1.54, 1.807) is 0 Å². The van der Waals surface area contributed by atoms with Crippen LogP contribution in [0.5, 0.6) is 0 Å². The van der Waals surface area contributed by atoms with E-state index in [1.165, 1.54) is 109 Å². The average molecular weight is 710 g/mol. The van der Waals surface area contributed by atoms with Crippen molar-refractivity contribution in [2.45, 2.75) is 245 Å². The molecule has 0 aromatic heterocycles. The summed E-state index contributed by atoms with van der Waals surface area (Å²) in [4.78, 5) is 27.4. The second kappa shape index (κ2) is 39.1. The molecule has 298 valence electrons. The first-order chi connectivity index (χ1) is 24.5. The third-order valence-electron chi connectivity index (χ3n) is 10.3. The molecule has 0 heterocycles. The molecule has 6 nitrogen and oxygen atoms in total. The fourth-order valence-electron chi connectivity index (χ4n) is 6.95. The van der Waals surface area contributed by atoms with Gasteiger partial charge >= 0.3 is 11.9 Å². The summed E-state index contributed by atoms with van der Waals surface area (Å²) in [5, 5.41) is 9.56. The van der Waals surface area contributed by atoms with E-state index in [2.05, 4.69) is 32.6 Å². The highest BCUT2D eigenvalue weighted by molar-refractivity contribution is 5.69. The van der Waals surface area contributed by atoms with E-state index in [0.717, 1.165) is 96.6 Å². The van der Waals surface area contributed by atoms with Crippen LogP contribution in [-0.2, 0) is 19.1 Å². The number of unbranched alkanes of at least 4 members (excludes halogenated alkanes) is 21. The number of hydrogen-bond acceptors (Lipinski definition) is 6. The van der Waals surface area contributed by atoms with Crippen LogP contribution in [0, 0.1) is 0 Å². The summed E-state index contributed by atoms with van der Waals surface area (Å²) in [5.41, 5.74) is 0. The maximum absolute atomic E-state index is 12.7. The van der Waals surface area contributed by atoms with Crippen molar-refractivity contribution >= 4 is 11.9 Å². The number of nitrogens with zero attached hydrogens (tertiary/aromatic N) is 1. The van der Waals surface area contributed by atoms with Gasteiger partial charge in [-0.05, 0) is 83.7 Å². The molecule has 0 saturated carbocycles. The second-order valence-corrected chi connectivity index (χ2v) is 15.2. The van der Waals surface area contributed by atoms with E-state index in [1.807, 2.05) is 0 Å². The van der Waals surface area contributed by atoms with E-state index in [0.29, 0.717) is 19.4 Å². The van der Waals surface area contributed by atoms with Crippen molar-refractivity contribution in [3.05, 3.63) is 0 Å². The van der Waals surface area contributed by atoms with Gasteiger partial charge in [-0.1, -0.05) is 150 Å². The van der Waals surface area contributed by atoms with Crippen molar-refractivity contribution in [3.63, 3.8) is 0 Å². The van der Waals surface area contributed by atoms with E-state index in [4.69, 9.17) is 9.47 Å². The van der Waals surface area contributed by atoms with E-state index < -0.39 is 0 Å². The molecule has 0 aliphatic rings. The van der Waals surface area contributed by atoms with Gasteiger partial charge in [0.25, 0.3) is 0 Å². The average Bonchev–Trinajstić information content (AvgIpc) is 3.11. The van der Waals surface area contributed by atoms with Crippen molar-refractivity contribution in [1.82, 2.24) is 4.90 Å². The lowest BCUT2D eigenvalue weighted by atomic mass is 10.0. The summed E-state index contributed by atoms with van der Waals surface area (Å²) in [6.07, 6.45) is 36.5. The first kappa shape index (κ1) is 48.9. The number of rotatable bonds is 40. The van der Waals surface area contributed by atoms with Crippen LogP contribution in [0.2, 0.25) is 0 Å². The second-order valence-electron chi connectivity index (χ2n) is 15.2. The van der Waals surface area contributed by atoms with Crippen molar-refractivity contribution in [1.29, 1.82) is 0 Å². The Morgan fingerprint density at radius 1 is 0.440 bits per heavy atom. The lowest BCUT2D eigenvalue weighted by Crippen LogP contribution is -2.29. The lowest BCUT2D eigenvalue weighted by molar-refractivity contribution is -0.150. The number of carbonyl (C=O) groups excluding carboxylic acids is 2. The van der Waals surface area contributed by atoms with Crippen LogP contribution >= 0.6 is 0 Å². The number of carbonyl (C=O) groups is 2. The Kier molecular flexibility index (Phi) is 38.2. The van der Waals surface area contributed by atoms with Gasteiger partial charge in [0.15, 0.2) is 0 Å². The van der Waals surface area contributed by atoms with Gasteiger partial charge in [-0.25, -0.2) is 0 Å². The minimum Gasteiger partial charge on any atom is -0.462 e. The van der Waals surface area contributed by atoms with E-state index in [9.17, 15) is 14.7 Å². The standard InChI is InChI=1S/C44H87NO5/c1-5-9-12-15-19-25-32-41(8-4)49-43(47)36-29-24-31-38-45(39-40-46)37-30-23-18-22-28-35-44(48)50-42(33-26-20-16-13-10-6-2)34-27-21-17-14-11-7-3/h41-42,46H,5-40H2,1-4H3. The van der Waals surface area contributed by atoms with Crippen LogP contribution in [0.1, 0.15) is 233 Å². The van der Waals surface area contributed by atoms with Gasteiger partial charge in [0.2, 0.25) is 0 Å². The third kappa shape index (κ3) is 34.0. The number of hydrogen-bond donors (Lipinski definition) is 1. The first-order valence-electron chi connectivity index (χ1n) is 22.2. The predicted octanol–water partition coefficient (Wildman–Crippen LogP) is 12.7. The molecule has 6 heteroatoms. The maximum Gasteiger partial charge on any atom is 0.306 e. The molecule has 1 atom stereocenters. The van der Waals surface area contributed by atoms with Crippen LogP contribution < -0.4 is 0 Å². The van der Waals surface area contributed by atoms with Gasteiger partial charge in [0, 0.05) is 19.4 Å². The fraction of sp³-hybridized carbons (Fsp3) is 0.955. The van der Waals surface area contributed by atoms with Crippen molar-refractivity contribution in [2.24, 2.45) is 0 Å². The third-order valence-corrected chi connectivity index (χ3v) is 10.3. The largest absolute Gasteiger partial charge is 0.462 e. The molecule has 0 aliphatic carbocycles. The van der Waals surface area contributed by atoms with Crippen LogP contribution in [0.3, 0.4) is 0 Å². The van der Waals surface area contributed by atoms with Gasteiger partial charge in [0.05, 0.1) is 6.61 Å². The monoisotopic (exact) mass is 710 g/mol. The Balaban J connectivity index is 4.10. The number of esters is 2. The van der Waals surface area contributed by atoms with Crippen LogP contribution in [0.4, 0.5) is 0 Å². The molecule has 0 spiro atoms. The molecule has 1 N–H and O–H groups in total. The highest BCUT2D eigenvalue weighted by Crippen LogP contribution is 2.19. The minimum absolute atomic E-state index is 0.00713. The molecule has 0 rings (SSSR count). The zero-order valence-electron chi connectivity index (χ0n) is 34.1. The minimum atomic E-state index is -0.0375. The Hall–Kier alpha value is -1.14. The molecule has 0 bridgehead atoms. The van der Waals surface area contributed by atoms with Crippen LogP contribution in [0.15, 0.2) is 0 Å². The zero-order chi connectivity index (χ0) is 36.8. The fourth-order valence-corrected chi connectivity index (χ4v) is 6.95. The molecule has 0 fully saturated rings. The molecule has 0 aromatic rings. The van der Waals surface area contributed by atoms with Crippen molar-refractivity contribution in [2.75, 3.05) is 26.2 Å². The van der Waals surface area contributed by atoms with Crippen molar-refractivity contribution in [3.8, 4) is 0 Å².